The highest BCUT2D eigenvalue weighted by Gasteiger charge is 2.27. The number of ether oxygens (including phenoxy) is 2. The van der Waals surface area contributed by atoms with Crippen molar-refractivity contribution in [1.82, 2.24) is 15.1 Å². The van der Waals surface area contributed by atoms with E-state index in [2.05, 4.69) is 10.2 Å². The Morgan fingerprint density at radius 1 is 1.11 bits per heavy atom. The highest BCUT2D eigenvalue weighted by molar-refractivity contribution is 5.90. The average molecular weight is 383 g/mol. The maximum Gasteiger partial charge on any atom is 0.311 e. The SMILES string of the molecule is COc1cc2c(cc1OC)CN(C(=O)c1nnc(-c3cccc(F)c3)o1)CC2. The van der Waals surface area contributed by atoms with E-state index in [1.54, 1.807) is 31.3 Å². The summed E-state index contributed by atoms with van der Waals surface area (Å²) >= 11 is 0. The van der Waals surface area contributed by atoms with Gasteiger partial charge in [-0.05, 0) is 47.9 Å². The van der Waals surface area contributed by atoms with Crippen LogP contribution in [0.5, 0.6) is 11.5 Å². The standard InChI is InChI=1S/C20H18FN3O4/c1-26-16-9-12-6-7-24(11-14(12)10-17(16)27-2)20(25)19-23-22-18(28-19)13-4-3-5-15(21)8-13/h3-5,8-10H,6-7,11H2,1-2H3. The number of hydrogen-bond acceptors (Lipinski definition) is 6. The second-order valence-electron chi connectivity index (χ2n) is 6.38. The van der Waals surface area contributed by atoms with E-state index in [9.17, 15) is 9.18 Å². The summed E-state index contributed by atoms with van der Waals surface area (Å²) in [5.74, 6) is 0.477. The molecular weight excluding hydrogens is 365 g/mol. The molecule has 0 bridgehead atoms. The maximum absolute atomic E-state index is 13.4. The molecule has 144 valence electrons. The van der Waals surface area contributed by atoms with Crippen molar-refractivity contribution in [1.29, 1.82) is 0 Å². The van der Waals surface area contributed by atoms with E-state index in [0.717, 1.165) is 11.1 Å². The average Bonchev–Trinajstić information content (AvgIpc) is 3.22. The first-order valence-electron chi connectivity index (χ1n) is 8.71. The molecule has 1 aliphatic heterocycles. The molecule has 1 amide bonds. The van der Waals surface area contributed by atoms with Gasteiger partial charge in [-0.3, -0.25) is 4.79 Å². The summed E-state index contributed by atoms with van der Waals surface area (Å²) in [7, 11) is 3.16. The van der Waals surface area contributed by atoms with Gasteiger partial charge in [0.05, 0.1) is 14.2 Å². The topological polar surface area (TPSA) is 77.7 Å². The van der Waals surface area contributed by atoms with Crippen molar-refractivity contribution in [2.24, 2.45) is 0 Å². The molecule has 1 aliphatic rings. The van der Waals surface area contributed by atoms with E-state index in [1.165, 1.54) is 12.1 Å². The molecule has 0 spiro atoms. The molecule has 0 fully saturated rings. The highest BCUT2D eigenvalue weighted by Crippen LogP contribution is 2.33. The largest absolute Gasteiger partial charge is 0.493 e. The molecule has 4 rings (SSSR count). The molecule has 0 aliphatic carbocycles. The smallest absolute Gasteiger partial charge is 0.311 e. The van der Waals surface area contributed by atoms with Gasteiger partial charge in [0.15, 0.2) is 11.5 Å². The zero-order chi connectivity index (χ0) is 19.7. The first-order chi connectivity index (χ1) is 13.6. The first-order valence-corrected chi connectivity index (χ1v) is 8.71. The lowest BCUT2D eigenvalue weighted by Gasteiger charge is -2.28. The van der Waals surface area contributed by atoms with E-state index in [-0.39, 0.29) is 17.7 Å². The van der Waals surface area contributed by atoms with Gasteiger partial charge in [0.25, 0.3) is 0 Å². The second kappa shape index (κ2) is 7.30. The molecule has 0 atom stereocenters. The number of carbonyl (C=O) groups excluding carboxylic acids is 1. The number of fused-ring (bicyclic) bond motifs is 1. The summed E-state index contributed by atoms with van der Waals surface area (Å²) in [6.45, 7) is 0.908. The minimum absolute atomic E-state index is 0.103. The van der Waals surface area contributed by atoms with E-state index in [1.807, 2.05) is 12.1 Å². The van der Waals surface area contributed by atoms with Crippen LogP contribution >= 0.6 is 0 Å². The lowest BCUT2D eigenvalue weighted by molar-refractivity contribution is 0.0694. The van der Waals surface area contributed by atoms with Crippen molar-refractivity contribution >= 4 is 5.91 Å². The van der Waals surface area contributed by atoms with Gasteiger partial charge in [0.2, 0.25) is 5.89 Å². The third kappa shape index (κ3) is 3.28. The van der Waals surface area contributed by atoms with Gasteiger partial charge in [-0.2, -0.15) is 0 Å². The monoisotopic (exact) mass is 383 g/mol. The fourth-order valence-corrected chi connectivity index (χ4v) is 3.24. The van der Waals surface area contributed by atoms with Gasteiger partial charge in [-0.25, -0.2) is 4.39 Å². The van der Waals surface area contributed by atoms with Gasteiger partial charge >= 0.3 is 11.8 Å². The fraction of sp³-hybridized carbons (Fsp3) is 0.250. The number of hydrogen-bond donors (Lipinski definition) is 0. The Kier molecular flexibility index (Phi) is 4.68. The van der Waals surface area contributed by atoms with Gasteiger partial charge in [-0.1, -0.05) is 6.07 Å². The van der Waals surface area contributed by atoms with E-state index >= 15 is 0 Å². The minimum Gasteiger partial charge on any atom is -0.493 e. The quantitative estimate of drug-likeness (QED) is 0.689. The molecule has 8 heteroatoms. The Hall–Kier alpha value is -3.42. The van der Waals surface area contributed by atoms with E-state index in [4.69, 9.17) is 13.9 Å². The summed E-state index contributed by atoms with van der Waals surface area (Å²) in [4.78, 5) is 14.4. The zero-order valence-corrected chi connectivity index (χ0v) is 15.4. The number of aromatic nitrogens is 2. The summed E-state index contributed by atoms with van der Waals surface area (Å²) in [5.41, 5.74) is 2.50. The van der Waals surface area contributed by atoms with Gasteiger partial charge < -0.3 is 18.8 Å². The molecule has 7 nitrogen and oxygen atoms in total. The Labute approximate surface area is 160 Å². The lowest BCUT2D eigenvalue weighted by Crippen LogP contribution is -2.36. The van der Waals surface area contributed by atoms with Crippen molar-refractivity contribution in [2.75, 3.05) is 20.8 Å². The number of rotatable bonds is 4. The number of halogens is 1. The van der Waals surface area contributed by atoms with Crippen LogP contribution < -0.4 is 9.47 Å². The van der Waals surface area contributed by atoms with Crippen molar-refractivity contribution in [2.45, 2.75) is 13.0 Å². The van der Waals surface area contributed by atoms with Crippen molar-refractivity contribution in [3.05, 3.63) is 59.2 Å². The molecular formula is C20H18FN3O4. The minimum atomic E-state index is -0.416. The molecule has 0 saturated carbocycles. The van der Waals surface area contributed by atoms with Gasteiger partial charge in [0, 0.05) is 18.7 Å². The number of nitrogens with zero attached hydrogens (tertiary/aromatic N) is 3. The molecule has 0 saturated heterocycles. The lowest BCUT2D eigenvalue weighted by atomic mass is 9.98. The van der Waals surface area contributed by atoms with Crippen LogP contribution in [0.25, 0.3) is 11.5 Å². The van der Waals surface area contributed by atoms with Gasteiger partial charge in [-0.15, -0.1) is 10.2 Å². The van der Waals surface area contributed by atoms with Crippen LogP contribution in [-0.2, 0) is 13.0 Å². The molecule has 0 radical (unpaired) electrons. The zero-order valence-electron chi connectivity index (χ0n) is 15.4. The molecule has 3 aromatic rings. The van der Waals surface area contributed by atoms with E-state index in [0.29, 0.717) is 36.6 Å². The van der Waals surface area contributed by atoms with Crippen LogP contribution in [-0.4, -0.2) is 41.8 Å². The number of methoxy groups -OCH3 is 2. The van der Waals surface area contributed by atoms with Crippen LogP contribution in [0.15, 0.2) is 40.8 Å². The predicted octanol–water partition coefficient (Wildman–Crippen LogP) is 3.09. The van der Waals surface area contributed by atoms with Crippen molar-refractivity contribution in [3.8, 4) is 23.0 Å². The van der Waals surface area contributed by atoms with Crippen LogP contribution in [0.1, 0.15) is 21.8 Å². The van der Waals surface area contributed by atoms with Crippen LogP contribution in [0, 0.1) is 5.82 Å². The summed E-state index contributed by atoms with van der Waals surface area (Å²) < 4.78 is 29.5. The second-order valence-corrected chi connectivity index (χ2v) is 6.38. The highest BCUT2D eigenvalue weighted by atomic mass is 19.1. The fourth-order valence-electron chi connectivity index (χ4n) is 3.24. The van der Waals surface area contributed by atoms with Crippen molar-refractivity contribution in [3.63, 3.8) is 0 Å². The molecule has 0 unspecified atom stereocenters. The maximum atomic E-state index is 13.4. The van der Waals surface area contributed by atoms with Crippen LogP contribution in [0.3, 0.4) is 0 Å². The number of amides is 1. The first kappa shape index (κ1) is 18.0. The van der Waals surface area contributed by atoms with E-state index < -0.39 is 5.82 Å². The summed E-state index contributed by atoms with van der Waals surface area (Å²) in [5, 5.41) is 7.71. The Morgan fingerprint density at radius 3 is 2.57 bits per heavy atom. The summed E-state index contributed by atoms with van der Waals surface area (Å²) in [6.07, 6.45) is 0.673. The number of carbonyl (C=O) groups is 1. The Bertz CT molecular complexity index is 1030. The van der Waals surface area contributed by atoms with Crippen LogP contribution in [0.4, 0.5) is 4.39 Å². The molecule has 2 aromatic carbocycles. The van der Waals surface area contributed by atoms with Crippen molar-refractivity contribution < 1.29 is 23.1 Å². The number of benzene rings is 2. The normalized spacial score (nSPS) is 13.2. The Balaban J connectivity index is 1.55. The Morgan fingerprint density at radius 2 is 1.86 bits per heavy atom. The molecule has 28 heavy (non-hydrogen) atoms. The third-order valence-corrected chi connectivity index (χ3v) is 4.68. The van der Waals surface area contributed by atoms with Crippen LogP contribution in [0.2, 0.25) is 0 Å². The third-order valence-electron chi connectivity index (χ3n) is 4.68. The van der Waals surface area contributed by atoms with Gasteiger partial charge in [0.1, 0.15) is 5.82 Å². The summed E-state index contributed by atoms with van der Waals surface area (Å²) in [6, 6.07) is 9.59. The molecule has 0 N–H and O–H groups in total. The molecule has 2 heterocycles. The molecule has 1 aromatic heterocycles. The predicted molar refractivity (Wildman–Crippen MR) is 97.7 cm³/mol.